The van der Waals surface area contributed by atoms with Crippen LogP contribution in [0.3, 0.4) is 0 Å². The fourth-order valence-corrected chi connectivity index (χ4v) is 5.27. The fourth-order valence-electron chi connectivity index (χ4n) is 5.27. The Kier molecular flexibility index (Phi) is 6.44. The maximum atomic E-state index is 11.5. The molecule has 0 saturated heterocycles. The van der Waals surface area contributed by atoms with Crippen LogP contribution in [0.4, 0.5) is 0 Å². The Morgan fingerprint density at radius 1 is 0.914 bits per heavy atom. The maximum absolute atomic E-state index is 11.5. The summed E-state index contributed by atoms with van der Waals surface area (Å²) in [5.74, 6) is 1.24. The summed E-state index contributed by atoms with van der Waals surface area (Å²) in [6.45, 7) is 5.65. The minimum absolute atomic E-state index is 0.0981. The van der Waals surface area contributed by atoms with Gasteiger partial charge in [0.25, 0.3) is 0 Å². The van der Waals surface area contributed by atoms with Gasteiger partial charge in [-0.25, -0.2) is 0 Å². The molecule has 3 heteroatoms. The molecule has 3 nitrogen and oxygen atoms in total. The Hall–Kier alpha value is -3.43. The van der Waals surface area contributed by atoms with E-state index in [0.29, 0.717) is 0 Å². The average molecular weight is 464 g/mol. The minimum Gasteiger partial charge on any atom is -0.489 e. The molecule has 178 valence electrons. The Balaban J connectivity index is 1.36. The number of hydrogen-bond donors (Lipinski definition) is 0. The van der Waals surface area contributed by atoms with Gasteiger partial charge in [0.1, 0.15) is 18.1 Å². The monoisotopic (exact) mass is 463 g/mol. The molecule has 35 heavy (non-hydrogen) atoms. The summed E-state index contributed by atoms with van der Waals surface area (Å²) in [4.78, 5) is 13.9. The van der Waals surface area contributed by atoms with Crippen LogP contribution in [-0.4, -0.2) is 30.9 Å². The molecule has 0 saturated carbocycles. The maximum Gasteiger partial charge on any atom is 0.129 e. The molecule has 0 spiro atoms. The predicted octanol–water partition coefficient (Wildman–Crippen LogP) is 6.73. The van der Waals surface area contributed by atoms with Gasteiger partial charge in [-0.3, -0.25) is 4.90 Å². The van der Waals surface area contributed by atoms with Crippen molar-refractivity contribution in [2.75, 3.05) is 13.6 Å². The molecule has 0 aromatic heterocycles. The first-order chi connectivity index (χ1) is 16.9. The zero-order valence-electron chi connectivity index (χ0n) is 20.8. The van der Waals surface area contributed by atoms with E-state index in [1.165, 1.54) is 27.5 Å². The van der Waals surface area contributed by atoms with Crippen LogP contribution in [0.25, 0.3) is 10.8 Å². The summed E-state index contributed by atoms with van der Waals surface area (Å²) < 4.78 is 6.49. The van der Waals surface area contributed by atoms with Crippen LogP contribution in [0.15, 0.2) is 91.0 Å². The number of carbonyl (C=O) groups excluding carboxylic acids is 1. The van der Waals surface area contributed by atoms with Gasteiger partial charge in [-0.2, -0.15) is 0 Å². The third-order valence-corrected chi connectivity index (χ3v) is 7.27. The van der Waals surface area contributed by atoms with Crippen molar-refractivity contribution in [2.45, 2.75) is 44.2 Å². The number of hydrogen-bond acceptors (Lipinski definition) is 3. The molecule has 0 amide bonds. The predicted molar refractivity (Wildman–Crippen MR) is 143 cm³/mol. The van der Waals surface area contributed by atoms with Crippen LogP contribution in [-0.2, 0) is 16.8 Å². The topological polar surface area (TPSA) is 29.5 Å². The molecule has 0 N–H and O–H groups in total. The summed E-state index contributed by atoms with van der Waals surface area (Å²) >= 11 is 0. The van der Waals surface area contributed by atoms with Crippen LogP contribution in [0.2, 0.25) is 0 Å². The van der Waals surface area contributed by atoms with Crippen molar-refractivity contribution in [1.29, 1.82) is 0 Å². The second-order valence-corrected chi connectivity index (χ2v) is 10.4. The molecule has 0 aliphatic carbocycles. The number of nitrogens with zero attached hydrogens (tertiary/aromatic N) is 1. The molecule has 1 aliphatic heterocycles. The van der Waals surface area contributed by atoms with Crippen molar-refractivity contribution in [3.63, 3.8) is 0 Å². The highest BCUT2D eigenvalue weighted by atomic mass is 16.5. The van der Waals surface area contributed by atoms with Crippen molar-refractivity contribution in [1.82, 2.24) is 4.90 Å². The summed E-state index contributed by atoms with van der Waals surface area (Å²) in [7, 11) is 2.18. The molecule has 0 radical (unpaired) electrons. The Morgan fingerprint density at radius 2 is 1.63 bits per heavy atom. The summed E-state index contributed by atoms with van der Waals surface area (Å²) in [6, 6.07) is 32.1. The van der Waals surface area contributed by atoms with Gasteiger partial charge in [-0.05, 0) is 60.8 Å². The van der Waals surface area contributed by atoms with Crippen LogP contribution in [0.1, 0.15) is 48.4 Å². The van der Waals surface area contributed by atoms with Crippen LogP contribution in [0.5, 0.6) is 5.75 Å². The molecule has 1 heterocycles. The van der Waals surface area contributed by atoms with E-state index in [2.05, 4.69) is 96.9 Å². The summed E-state index contributed by atoms with van der Waals surface area (Å²) in [5, 5.41) is 2.59. The van der Waals surface area contributed by atoms with E-state index in [1.807, 2.05) is 19.9 Å². The highest BCUT2D eigenvalue weighted by Crippen LogP contribution is 2.41. The Morgan fingerprint density at radius 3 is 2.43 bits per heavy atom. The van der Waals surface area contributed by atoms with Crippen molar-refractivity contribution >= 4 is 17.1 Å². The van der Waals surface area contributed by atoms with Crippen molar-refractivity contribution in [2.24, 2.45) is 0 Å². The quantitative estimate of drug-likeness (QED) is 0.285. The molecule has 1 aliphatic rings. The minimum atomic E-state index is -0.473. The van der Waals surface area contributed by atoms with Crippen molar-refractivity contribution < 1.29 is 9.53 Å². The van der Waals surface area contributed by atoms with Gasteiger partial charge in [0.2, 0.25) is 0 Å². The number of carbonyl (C=O) groups is 1. The second kappa shape index (κ2) is 9.67. The smallest absolute Gasteiger partial charge is 0.129 e. The molecule has 2 unspecified atom stereocenters. The number of benzene rings is 4. The third-order valence-electron chi connectivity index (χ3n) is 7.27. The van der Waals surface area contributed by atoms with E-state index in [0.717, 1.165) is 37.1 Å². The van der Waals surface area contributed by atoms with Gasteiger partial charge in [-0.1, -0.05) is 84.9 Å². The fraction of sp³-hybridized carbons (Fsp3) is 0.281. The molecule has 2 atom stereocenters. The summed E-state index contributed by atoms with van der Waals surface area (Å²) in [6.07, 6.45) is 2.04. The van der Waals surface area contributed by atoms with E-state index in [1.54, 1.807) is 0 Å². The number of ether oxygens (including phenoxy) is 1. The Labute approximate surface area is 208 Å². The molecule has 0 bridgehead atoms. The van der Waals surface area contributed by atoms with Crippen molar-refractivity contribution in [3.8, 4) is 5.75 Å². The standard InChI is InChI=1S/C32H33NO2/c1-32(2,22-34)26-17-15-24(16-18-26)30-19-27(35-31-14-7-6-13-29(30)31)21-33(3)20-25-11-8-10-23-9-4-5-12-28(23)25/h4-18,22,27,30H,19-21H2,1-3H3. The van der Waals surface area contributed by atoms with Crippen LogP contribution in [0, 0.1) is 0 Å². The molecule has 0 fully saturated rings. The van der Waals surface area contributed by atoms with Crippen LogP contribution < -0.4 is 4.74 Å². The lowest BCUT2D eigenvalue weighted by Crippen LogP contribution is -2.36. The first-order valence-electron chi connectivity index (χ1n) is 12.4. The normalized spacial score (nSPS) is 17.7. The molecular weight excluding hydrogens is 430 g/mol. The van der Waals surface area contributed by atoms with Crippen LogP contribution >= 0.6 is 0 Å². The Bertz CT molecular complexity index is 1320. The number of para-hydroxylation sites is 1. The van der Waals surface area contributed by atoms with E-state index < -0.39 is 5.41 Å². The number of likely N-dealkylation sites (N-methyl/N-ethyl adjacent to an activating group) is 1. The third kappa shape index (κ3) is 4.87. The largest absolute Gasteiger partial charge is 0.489 e. The van der Waals surface area contributed by atoms with Gasteiger partial charge < -0.3 is 9.53 Å². The SMILES string of the molecule is CN(Cc1cccc2ccccc12)CC1CC(c2ccc(C(C)(C)C=O)cc2)c2ccccc2O1. The highest BCUT2D eigenvalue weighted by molar-refractivity contribution is 5.85. The summed E-state index contributed by atoms with van der Waals surface area (Å²) in [5.41, 5.74) is 4.42. The zero-order valence-corrected chi connectivity index (χ0v) is 20.8. The molecule has 4 aromatic rings. The second-order valence-electron chi connectivity index (χ2n) is 10.4. The van der Waals surface area contributed by atoms with E-state index in [4.69, 9.17) is 4.74 Å². The first-order valence-corrected chi connectivity index (χ1v) is 12.4. The molecule has 4 aromatic carbocycles. The van der Waals surface area contributed by atoms with Gasteiger partial charge in [-0.15, -0.1) is 0 Å². The van der Waals surface area contributed by atoms with E-state index >= 15 is 0 Å². The first kappa shape index (κ1) is 23.3. The van der Waals surface area contributed by atoms with E-state index in [-0.39, 0.29) is 12.0 Å². The zero-order chi connectivity index (χ0) is 24.4. The highest BCUT2D eigenvalue weighted by Gasteiger charge is 2.30. The lowest BCUT2D eigenvalue weighted by molar-refractivity contribution is -0.111. The molecule has 5 rings (SSSR count). The lowest BCUT2D eigenvalue weighted by atomic mass is 9.81. The van der Waals surface area contributed by atoms with E-state index in [9.17, 15) is 4.79 Å². The van der Waals surface area contributed by atoms with Gasteiger partial charge in [0.05, 0.1) is 0 Å². The molecular formula is C32H33NO2. The van der Waals surface area contributed by atoms with Gasteiger partial charge >= 0.3 is 0 Å². The van der Waals surface area contributed by atoms with Crippen molar-refractivity contribution in [3.05, 3.63) is 113 Å². The van der Waals surface area contributed by atoms with Gasteiger partial charge in [0, 0.05) is 30.0 Å². The number of fused-ring (bicyclic) bond motifs is 2. The van der Waals surface area contributed by atoms with Gasteiger partial charge in [0.15, 0.2) is 0 Å². The lowest BCUT2D eigenvalue weighted by Gasteiger charge is -2.35. The number of aldehydes is 1. The number of rotatable bonds is 7. The average Bonchev–Trinajstić information content (AvgIpc) is 2.88.